The summed E-state index contributed by atoms with van der Waals surface area (Å²) in [5.74, 6) is 7.43. The fourth-order valence-electron chi connectivity index (χ4n) is 7.19. The molecule has 0 fully saturated rings. The topological polar surface area (TPSA) is 43.9 Å². The maximum absolute atomic E-state index is 16.7. The molecule has 3 aromatic heterocycles. The van der Waals surface area contributed by atoms with Crippen LogP contribution in [0.25, 0.3) is 71.7 Å². The number of para-hydroxylation sites is 3. The van der Waals surface area contributed by atoms with Crippen LogP contribution in [0.5, 0.6) is 0 Å². The van der Waals surface area contributed by atoms with Crippen molar-refractivity contribution in [1.29, 1.82) is 0 Å². The van der Waals surface area contributed by atoms with Gasteiger partial charge < -0.3 is 4.42 Å². The van der Waals surface area contributed by atoms with E-state index >= 15 is 4.39 Å². The molecule has 0 aliphatic carbocycles. The molecule has 0 amide bonds. The van der Waals surface area contributed by atoms with Gasteiger partial charge in [0.1, 0.15) is 5.01 Å². The second-order valence-corrected chi connectivity index (χ2v) is 26.8. The Hall–Kier alpha value is -4.53. The van der Waals surface area contributed by atoms with Gasteiger partial charge in [0, 0.05) is 23.9 Å². The van der Waals surface area contributed by atoms with Gasteiger partial charge in [0.2, 0.25) is 0 Å². The van der Waals surface area contributed by atoms with Gasteiger partial charge >= 0.3 is 201 Å². The number of aryl methyl sites for hydroxylation is 2. The Balaban J connectivity index is 1.36. The predicted molar refractivity (Wildman–Crippen MR) is 221 cm³/mol. The molecular weight excluding hydrogens is 722 g/mol. The van der Waals surface area contributed by atoms with E-state index in [4.69, 9.17) is 17.6 Å². The Morgan fingerprint density at radius 1 is 0.750 bits per heavy atom. The van der Waals surface area contributed by atoms with Crippen molar-refractivity contribution >= 4 is 62.0 Å². The Morgan fingerprint density at radius 3 is 2.12 bits per heavy atom. The Morgan fingerprint density at radius 2 is 1.46 bits per heavy atom. The SMILES string of the molecule is [2H]C([2H])([2H])c1nc(-c2ccc3c(oc4c(-c5nc6ccccc6n5-c5c(C(C)C)cc(-c6cc[c]([Ge]([CH3])([CH3])[CH3])cc6)cc5C(C)C)cccc43)c2F)sc1C([2H])([2H])[2H]. The van der Waals surface area contributed by atoms with Crippen molar-refractivity contribution in [1.82, 2.24) is 14.5 Å². The van der Waals surface area contributed by atoms with E-state index in [0.717, 1.165) is 22.3 Å². The number of benzene rings is 5. The van der Waals surface area contributed by atoms with Gasteiger partial charge in [-0.3, -0.25) is 0 Å². The van der Waals surface area contributed by atoms with Crippen LogP contribution < -0.4 is 4.40 Å². The molecule has 0 bridgehead atoms. The summed E-state index contributed by atoms with van der Waals surface area (Å²) in [6.45, 7) is 3.34. The fraction of sp³-hybridized carbons (Fsp3) is 0.244. The average Bonchev–Trinajstić information content (AvgIpc) is 3.89. The van der Waals surface area contributed by atoms with Gasteiger partial charge in [0.15, 0.2) is 11.4 Å². The molecule has 0 atom stereocenters. The average molecular weight is 773 g/mol. The maximum atomic E-state index is 16.7. The van der Waals surface area contributed by atoms with Gasteiger partial charge in [0.05, 0.1) is 11.3 Å². The van der Waals surface area contributed by atoms with Crippen LogP contribution in [0.2, 0.25) is 17.3 Å². The first-order chi connectivity index (χ1) is 27.2. The Kier molecular flexibility index (Phi) is 6.93. The van der Waals surface area contributed by atoms with Crippen molar-refractivity contribution in [2.24, 2.45) is 0 Å². The molecule has 5 aromatic carbocycles. The number of fused-ring (bicyclic) bond motifs is 4. The second kappa shape index (κ2) is 12.9. The van der Waals surface area contributed by atoms with E-state index in [9.17, 15) is 0 Å². The predicted octanol–water partition coefficient (Wildman–Crippen LogP) is 12.9. The third-order valence-corrected chi connectivity index (χ3v) is 15.2. The minimum atomic E-state index is -2.79. The molecule has 0 radical (unpaired) electrons. The standard InChI is InChI=1S/C45H44FGeN3OS/c1-25(2)36-23-30(29-17-19-31(20-18-29)47(7,8)9)24-37(26(3)4)41(36)50-39-16-11-10-15-38(39)49-44(50)35-14-12-13-32-33-21-22-34(40(46)43(33)51-42(32)35)45-48-27(5)28(6)52-45/h10-26H,1-9H3/i5D3,6D3. The number of thiazole rings is 1. The number of imidazole rings is 1. The van der Waals surface area contributed by atoms with Crippen LogP contribution in [0.15, 0.2) is 95.4 Å². The fourth-order valence-corrected chi connectivity index (χ4v) is 10.4. The van der Waals surface area contributed by atoms with Crippen molar-refractivity contribution in [3.63, 3.8) is 0 Å². The second-order valence-electron chi connectivity index (χ2n) is 15.2. The van der Waals surface area contributed by atoms with E-state index in [-0.39, 0.29) is 32.9 Å². The number of hydrogen-bond donors (Lipinski definition) is 0. The normalized spacial score (nSPS) is 14.6. The molecular formula is C45H44FGeN3OS. The van der Waals surface area contributed by atoms with Crippen LogP contribution in [0.3, 0.4) is 0 Å². The molecule has 0 aliphatic rings. The summed E-state index contributed by atoms with van der Waals surface area (Å²) in [6, 6.07) is 30.7. The van der Waals surface area contributed by atoms with E-state index < -0.39 is 38.5 Å². The zero-order chi connectivity index (χ0) is 41.6. The summed E-state index contributed by atoms with van der Waals surface area (Å²) in [4.78, 5) is 9.01. The van der Waals surface area contributed by atoms with Crippen molar-refractivity contribution in [3.8, 4) is 38.8 Å². The van der Waals surface area contributed by atoms with E-state index in [1.165, 1.54) is 27.2 Å². The molecule has 8 rings (SSSR count). The molecule has 8 aromatic rings. The van der Waals surface area contributed by atoms with Crippen molar-refractivity contribution in [2.75, 3.05) is 0 Å². The molecule has 0 N–H and O–H groups in total. The molecule has 52 heavy (non-hydrogen) atoms. The van der Waals surface area contributed by atoms with Crippen LogP contribution in [0.1, 0.15) is 69.5 Å². The molecule has 0 saturated carbocycles. The van der Waals surface area contributed by atoms with Crippen molar-refractivity contribution in [3.05, 3.63) is 119 Å². The van der Waals surface area contributed by atoms with Gasteiger partial charge in [-0.25, -0.2) is 9.37 Å². The minimum absolute atomic E-state index is 0.0366. The number of furan rings is 1. The smallest absolute Gasteiger partial charge is 0.202 e. The van der Waals surface area contributed by atoms with Gasteiger partial charge in [0.25, 0.3) is 0 Å². The van der Waals surface area contributed by atoms with E-state index in [1.807, 2.05) is 36.4 Å². The zero-order valence-electron chi connectivity index (χ0n) is 36.4. The molecule has 0 unspecified atom stereocenters. The summed E-state index contributed by atoms with van der Waals surface area (Å²) in [7, 11) is 0. The number of hydrogen-bond acceptors (Lipinski definition) is 4. The number of halogens is 1. The van der Waals surface area contributed by atoms with Crippen molar-refractivity contribution in [2.45, 2.75) is 70.5 Å². The molecule has 7 heteroatoms. The Bertz CT molecular complexity index is 2820. The monoisotopic (exact) mass is 773 g/mol. The van der Waals surface area contributed by atoms with E-state index in [1.54, 1.807) is 6.07 Å². The quantitative estimate of drug-likeness (QED) is 0.152. The third-order valence-electron chi connectivity index (χ3n) is 9.99. The number of aromatic nitrogens is 3. The summed E-state index contributed by atoms with van der Waals surface area (Å²) in [5.41, 5.74) is 7.95. The summed E-state index contributed by atoms with van der Waals surface area (Å²) >= 11 is -1.34. The van der Waals surface area contributed by atoms with Gasteiger partial charge in [-0.2, -0.15) is 0 Å². The molecule has 4 nitrogen and oxygen atoms in total. The summed E-state index contributed by atoms with van der Waals surface area (Å²) in [5, 5.41) is 1.15. The van der Waals surface area contributed by atoms with E-state index in [2.05, 4.69) is 97.0 Å². The molecule has 0 spiro atoms. The van der Waals surface area contributed by atoms with Crippen LogP contribution >= 0.6 is 11.3 Å². The first-order valence-corrected chi connectivity index (χ1v) is 25.8. The minimum Gasteiger partial charge on any atom is -0.202 e. The van der Waals surface area contributed by atoms with Crippen molar-refractivity contribution < 1.29 is 17.0 Å². The first kappa shape index (κ1) is 28.0. The number of nitrogens with zero attached hydrogens (tertiary/aromatic N) is 3. The van der Waals surface area contributed by atoms with Crippen LogP contribution in [0.4, 0.5) is 4.39 Å². The van der Waals surface area contributed by atoms with Gasteiger partial charge in [-0.05, 0) is 25.8 Å². The summed E-state index contributed by atoms with van der Waals surface area (Å²) in [6.07, 6.45) is 0. The third kappa shape index (κ3) is 5.71. The molecule has 262 valence electrons. The van der Waals surface area contributed by atoms with Crippen LogP contribution in [0, 0.1) is 19.5 Å². The van der Waals surface area contributed by atoms with Crippen LogP contribution in [-0.4, -0.2) is 27.8 Å². The molecule has 0 aliphatic heterocycles. The first-order valence-electron chi connectivity index (χ1n) is 20.7. The van der Waals surface area contributed by atoms with Gasteiger partial charge in [-0.15, -0.1) is 11.3 Å². The zero-order valence-corrected chi connectivity index (χ0v) is 33.3. The number of rotatable bonds is 7. The molecule has 0 saturated heterocycles. The Labute approximate surface area is 320 Å². The van der Waals surface area contributed by atoms with Gasteiger partial charge in [-0.1, -0.05) is 18.2 Å². The van der Waals surface area contributed by atoms with Crippen LogP contribution in [-0.2, 0) is 0 Å². The molecule has 3 heterocycles. The van der Waals surface area contributed by atoms with E-state index in [0.29, 0.717) is 39.1 Å². The summed E-state index contributed by atoms with van der Waals surface area (Å²) < 4.78 is 74.4.